The Hall–Kier alpha value is -3.80. The minimum atomic E-state index is -0.586. The smallest absolute Gasteiger partial charge is 0.224 e. The molecule has 0 aliphatic carbocycles. The largest absolute Gasteiger partial charge is 0.397 e. The highest BCUT2D eigenvalue weighted by Gasteiger charge is 2.35. The standard InChI is InChI=1S/C36H46N4O6/c37-31-8-4-5-9-32(31)39-35(44)11-3-1-2-10-34(43)38-28-18-16-27(17-19-28)36-45-30(22-40-20-6-7-29(40)24-42)21-33(46-36)26-14-12-25(23-41)13-15-26/h4-5,8-9,12-19,29-30,33,36,41-42H,1-3,6-7,10-11,20-24,37H2,(H,38,43)(H,39,44). The Labute approximate surface area is 270 Å². The van der Waals surface area contributed by atoms with Crippen molar-refractivity contribution < 1.29 is 29.3 Å². The molecule has 2 heterocycles. The quantitative estimate of drug-likeness (QED) is 0.119. The third-order valence-corrected chi connectivity index (χ3v) is 8.77. The molecule has 2 saturated heterocycles. The molecule has 2 aliphatic rings. The summed E-state index contributed by atoms with van der Waals surface area (Å²) in [5, 5.41) is 25.1. The maximum atomic E-state index is 12.6. The van der Waals surface area contributed by atoms with E-state index in [-0.39, 0.29) is 43.3 Å². The lowest BCUT2D eigenvalue weighted by molar-refractivity contribution is -0.253. The van der Waals surface area contributed by atoms with Crippen LogP contribution in [0.3, 0.4) is 0 Å². The number of unbranched alkanes of at least 4 members (excludes halogenated alkanes) is 2. The molecular formula is C36H46N4O6. The molecule has 4 unspecified atom stereocenters. The molecule has 0 aromatic heterocycles. The number of aliphatic hydroxyl groups excluding tert-OH is 2. The van der Waals surface area contributed by atoms with Crippen molar-refractivity contribution in [3.05, 3.63) is 89.5 Å². The summed E-state index contributed by atoms with van der Waals surface area (Å²) in [7, 11) is 0. The normalized spacial score (nSPS) is 21.6. The molecule has 0 radical (unpaired) electrons. The van der Waals surface area contributed by atoms with E-state index in [1.165, 1.54) is 0 Å². The van der Waals surface area contributed by atoms with E-state index in [4.69, 9.17) is 15.2 Å². The number of nitrogen functional groups attached to an aromatic ring is 1. The van der Waals surface area contributed by atoms with Crippen LogP contribution in [-0.4, -0.2) is 58.8 Å². The van der Waals surface area contributed by atoms with Gasteiger partial charge in [0.15, 0.2) is 6.29 Å². The average molecular weight is 631 g/mol. The van der Waals surface area contributed by atoms with Gasteiger partial charge in [-0.15, -0.1) is 0 Å². The van der Waals surface area contributed by atoms with Gasteiger partial charge in [0.2, 0.25) is 11.8 Å². The van der Waals surface area contributed by atoms with Crippen molar-refractivity contribution in [3.8, 4) is 0 Å². The van der Waals surface area contributed by atoms with E-state index in [9.17, 15) is 19.8 Å². The van der Waals surface area contributed by atoms with E-state index >= 15 is 0 Å². The van der Waals surface area contributed by atoms with E-state index in [1.54, 1.807) is 12.1 Å². The molecule has 5 rings (SSSR count). The van der Waals surface area contributed by atoms with Crippen LogP contribution in [0.25, 0.3) is 0 Å². The summed E-state index contributed by atoms with van der Waals surface area (Å²) in [6, 6.07) is 22.7. The van der Waals surface area contributed by atoms with Crippen LogP contribution < -0.4 is 16.4 Å². The molecule has 4 atom stereocenters. The fourth-order valence-corrected chi connectivity index (χ4v) is 6.16. The third kappa shape index (κ3) is 9.37. The van der Waals surface area contributed by atoms with Gasteiger partial charge in [0.05, 0.1) is 36.8 Å². The topological polar surface area (TPSA) is 146 Å². The van der Waals surface area contributed by atoms with Crippen molar-refractivity contribution >= 4 is 28.9 Å². The van der Waals surface area contributed by atoms with Gasteiger partial charge in [-0.05, 0) is 67.6 Å². The number of anilines is 3. The number of para-hydroxylation sites is 2. The van der Waals surface area contributed by atoms with Crippen LogP contribution in [0.2, 0.25) is 0 Å². The highest BCUT2D eigenvalue weighted by molar-refractivity contribution is 5.93. The van der Waals surface area contributed by atoms with E-state index in [2.05, 4.69) is 15.5 Å². The van der Waals surface area contributed by atoms with E-state index in [0.29, 0.717) is 49.2 Å². The number of nitrogens with two attached hydrogens (primary N) is 1. The lowest BCUT2D eigenvalue weighted by Gasteiger charge is -2.38. The number of benzene rings is 3. The molecule has 0 bridgehead atoms. The highest BCUT2D eigenvalue weighted by Crippen LogP contribution is 2.39. The molecule has 3 aromatic rings. The number of likely N-dealkylation sites (tertiary alicyclic amines) is 1. The number of carbonyl (C=O) groups excluding carboxylic acids is 2. The molecule has 0 saturated carbocycles. The minimum absolute atomic E-state index is 0.00919. The van der Waals surface area contributed by atoms with Crippen LogP contribution in [0.15, 0.2) is 72.8 Å². The van der Waals surface area contributed by atoms with E-state index < -0.39 is 6.29 Å². The van der Waals surface area contributed by atoms with Gasteiger partial charge < -0.3 is 36.1 Å². The second-order valence-corrected chi connectivity index (χ2v) is 12.2. The summed E-state index contributed by atoms with van der Waals surface area (Å²) in [5.41, 5.74) is 10.5. The average Bonchev–Trinajstić information content (AvgIpc) is 3.53. The molecule has 246 valence electrons. The Morgan fingerprint density at radius 2 is 1.54 bits per heavy atom. The molecule has 2 amide bonds. The molecule has 2 aliphatic heterocycles. The summed E-state index contributed by atoms with van der Waals surface area (Å²) in [6.45, 7) is 1.80. The first-order valence-electron chi connectivity index (χ1n) is 16.3. The van der Waals surface area contributed by atoms with Crippen LogP contribution in [0.1, 0.15) is 80.5 Å². The fraction of sp³-hybridized carbons (Fsp3) is 0.444. The Bertz CT molecular complexity index is 1420. The first-order chi connectivity index (χ1) is 22.4. The van der Waals surface area contributed by atoms with Gasteiger partial charge in [-0.25, -0.2) is 0 Å². The number of aliphatic hydroxyl groups is 2. The van der Waals surface area contributed by atoms with Gasteiger partial charge in [-0.2, -0.15) is 0 Å². The molecule has 10 nitrogen and oxygen atoms in total. The van der Waals surface area contributed by atoms with Crippen molar-refractivity contribution in [2.75, 3.05) is 36.1 Å². The Balaban J connectivity index is 1.11. The zero-order chi connectivity index (χ0) is 32.3. The number of ether oxygens (including phenoxy) is 2. The summed E-state index contributed by atoms with van der Waals surface area (Å²) < 4.78 is 12.9. The molecule has 10 heteroatoms. The predicted molar refractivity (Wildman–Crippen MR) is 178 cm³/mol. The Morgan fingerprint density at radius 3 is 2.24 bits per heavy atom. The zero-order valence-electron chi connectivity index (χ0n) is 26.3. The maximum Gasteiger partial charge on any atom is 0.224 e. The van der Waals surface area contributed by atoms with Crippen molar-refractivity contribution in [1.29, 1.82) is 0 Å². The number of hydrogen-bond donors (Lipinski definition) is 5. The number of amides is 2. The summed E-state index contributed by atoms with van der Waals surface area (Å²) in [5.74, 6) is -0.161. The van der Waals surface area contributed by atoms with Crippen LogP contribution in [0.5, 0.6) is 0 Å². The fourth-order valence-electron chi connectivity index (χ4n) is 6.16. The summed E-state index contributed by atoms with van der Waals surface area (Å²) >= 11 is 0. The second-order valence-electron chi connectivity index (χ2n) is 12.2. The van der Waals surface area contributed by atoms with E-state index in [1.807, 2.05) is 60.7 Å². The zero-order valence-corrected chi connectivity index (χ0v) is 26.3. The maximum absolute atomic E-state index is 12.6. The van der Waals surface area contributed by atoms with Crippen molar-refractivity contribution in [1.82, 2.24) is 4.90 Å². The monoisotopic (exact) mass is 630 g/mol. The number of nitrogens with one attached hydrogen (secondary N) is 2. The van der Waals surface area contributed by atoms with Gasteiger partial charge in [0.25, 0.3) is 0 Å². The highest BCUT2D eigenvalue weighted by atomic mass is 16.7. The van der Waals surface area contributed by atoms with Crippen molar-refractivity contribution in [2.24, 2.45) is 0 Å². The third-order valence-electron chi connectivity index (χ3n) is 8.77. The Kier molecular flexibility index (Phi) is 12.2. The van der Waals surface area contributed by atoms with Crippen LogP contribution in [-0.2, 0) is 25.7 Å². The van der Waals surface area contributed by atoms with Crippen LogP contribution >= 0.6 is 0 Å². The van der Waals surface area contributed by atoms with E-state index in [0.717, 1.165) is 49.0 Å². The van der Waals surface area contributed by atoms with Gasteiger partial charge in [-0.1, -0.05) is 55.0 Å². The summed E-state index contributed by atoms with van der Waals surface area (Å²) in [4.78, 5) is 27.1. The molecule has 3 aromatic carbocycles. The Morgan fingerprint density at radius 1 is 0.848 bits per heavy atom. The molecular weight excluding hydrogens is 584 g/mol. The molecule has 6 N–H and O–H groups in total. The lowest BCUT2D eigenvalue weighted by atomic mass is 9.99. The predicted octanol–water partition coefficient (Wildman–Crippen LogP) is 5.29. The van der Waals surface area contributed by atoms with Crippen molar-refractivity contribution in [3.63, 3.8) is 0 Å². The second kappa shape index (κ2) is 16.7. The summed E-state index contributed by atoms with van der Waals surface area (Å²) in [6.07, 6.45) is 4.76. The lowest BCUT2D eigenvalue weighted by Crippen LogP contribution is -2.42. The molecule has 2 fully saturated rings. The van der Waals surface area contributed by atoms with Crippen molar-refractivity contribution in [2.45, 2.75) is 82.5 Å². The van der Waals surface area contributed by atoms with Gasteiger partial charge >= 0.3 is 0 Å². The number of hydrogen-bond acceptors (Lipinski definition) is 8. The molecule has 0 spiro atoms. The van der Waals surface area contributed by atoms with Gasteiger partial charge in [0, 0.05) is 43.1 Å². The SMILES string of the molecule is Nc1ccccc1NC(=O)CCCCCC(=O)Nc1ccc(C2OC(CN3CCCC3CO)CC(c3ccc(CO)cc3)O2)cc1. The van der Waals surface area contributed by atoms with Crippen LogP contribution in [0.4, 0.5) is 17.1 Å². The first-order valence-corrected chi connectivity index (χ1v) is 16.3. The molecule has 46 heavy (non-hydrogen) atoms. The minimum Gasteiger partial charge on any atom is -0.397 e. The van der Waals surface area contributed by atoms with Gasteiger partial charge in [-0.3, -0.25) is 14.5 Å². The first kappa shape index (κ1) is 33.6. The number of carbonyl (C=O) groups is 2. The number of rotatable bonds is 14. The number of nitrogens with zero attached hydrogens (tertiary/aromatic N) is 1. The van der Waals surface area contributed by atoms with Gasteiger partial charge in [0.1, 0.15) is 0 Å². The van der Waals surface area contributed by atoms with Crippen LogP contribution in [0, 0.1) is 0 Å².